The summed E-state index contributed by atoms with van der Waals surface area (Å²) < 4.78 is 5.75. The van der Waals surface area contributed by atoms with Gasteiger partial charge in [0, 0.05) is 12.6 Å². The fourth-order valence-corrected chi connectivity index (χ4v) is 2.95. The zero-order valence-electron chi connectivity index (χ0n) is 16.8. The van der Waals surface area contributed by atoms with Crippen LogP contribution in [0.25, 0.3) is 10.8 Å². The van der Waals surface area contributed by atoms with Crippen molar-refractivity contribution in [3.05, 3.63) is 77.9 Å². The third-order valence-electron chi connectivity index (χ3n) is 4.77. The Labute approximate surface area is 171 Å². The number of fused-ring (bicyclic) bond motifs is 1. The first-order chi connectivity index (χ1) is 14.1. The SMILES string of the molecule is CC[C@@H](C)NC(=O)COc1cc2ccccc2cc1C(=O)NCc1ccccc1. The van der Waals surface area contributed by atoms with Gasteiger partial charge < -0.3 is 15.4 Å². The van der Waals surface area contributed by atoms with Gasteiger partial charge in [-0.05, 0) is 41.8 Å². The fraction of sp³-hybridized carbons (Fsp3) is 0.250. The Morgan fingerprint density at radius 1 is 0.966 bits per heavy atom. The lowest BCUT2D eigenvalue weighted by atomic mass is 10.1. The second-order valence-corrected chi connectivity index (χ2v) is 7.03. The molecule has 2 amide bonds. The summed E-state index contributed by atoms with van der Waals surface area (Å²) in [7, 11) is 0. The summed E-state index contributed by atoms with van der Waals surface area (Å²) in [6, 6.07) is 21.2. The van der Waals surface area contributed by atoms with Crippen molar-refractivity contribution in [3.8, 4) is 5.75 Å². The number of hydrogen-bond acceptors (Lipinski definition) is 3. The number of carbonyl (C=O) groups is 2. The predicted octanol–water partition coefficient (Wildman–Crippen LogP) is 4.06. The second-order valence-electron chi connectivity index (χ2n) is 7.03. The zero-order valence-corrected chi connectivity index (χ0v) is 16.8. The molecule has 0 spiro atoms. The first kappa shape index (κ1) is 20.4. The molecule has 29 heavy (non-hydrogen) atoms. The van der Waals surface area contributed by atoms with Crippen LogP contribution in [-0.4, -0.2) is 24.5 Å². The van der Waals surface area contributed by atoms with Gasteiger partial charge >= 0.3 is 0 Å². The molecule has 0 aromatic heterocycles. The highest BCUT2D eigenvalue weighted by Crippen LogP contribution is 2.26. The average molecular weight is 390 g/mol. The Balaban J connectivity index is 1.79. The number of ether oxygens (including phenoxy) is 1. The van der Waals surface area contributed by atoms with Crippen LogP contribution in [0.3, 0.4) is 0 Å². The maximum atomic E-state index is 12.9. The topological polar surface area (TPSA) is 67.4 Å². The molecule has 0 saturated heterocycles. The van der Waals surface area contributed by atoms with E-state index in [4.69, 9.17) is 4.74 Å². The third kappa shape index (κ3) is 5.57. The van der Waals surface area contributed by atoms with Gasteiger partial charge in [-0.1, -0.05) is 61.5 Å². The number of hydrogen-bond donors (Lipinski definition) is 2. The maximum Gasteiger partial charge on any atom is 0.258 e. The van der Waals surface area contributed by atoms with Crippen molar-refractivity contribution < 1.29 is 14.3 Å². The molecule has 5 heteroatoms. The number of nitrogens with one attached hydrogen (secondary N) is 2. The molecule has 0 heterocycles. The van der Waals surface area contributed by atoms with Crippen LogP contribution in [0.4, 0.5) is 0 Å². The van der Waals surface area contributed by atoms with Crippen LogP contribution < -0.4 is 15.4 Å². The van der Waals surface area contributed by atoms with E-state index in [1.165, 1.54) is 0 Å². The van der Waals surface area contributed by atoms with Gasteiger partial charge in [-0.2, -0.15) is 0 Å². The van der Waals surface area contributed by atoms with E-state index in [1.54, 1.807) is 6.07 Å². The number of rotatable bonds is 8. The van der Waals surface area contributed by atoms with Gasteiger partial charge in [0.15, 0.2) is 6.61 Å². The fourth-order valence-electron chi connectivity index (χ4n) is 2.95. The number of benzene rings is 3. The van der Waals surface area contributed by atoms with E-state index >= 15 is 0 Å². The molecule has 1 atom stereocenters. The van der Waals surface area contributed by atoms with Crippen LogP contribution in [0.1, 0.15) is 36.2 Å². The maximum absolute atomic E-state index is 12.9. The van der Waals surface area contributed by atoms with E-state index in [1.807, 2.05) is 74.5 Å². The van der Waals surface area contributed by atoms with Crippen molar-refractivity contribution in [2.45, 2.75) is 32.9 Å². The standard InChI is InChI=1S/C24H26N2O3/c1-3-17(2)26-23(27)16-29-22-14-20-12-8-7-11-19(20)13-21(22)24(28)25-15-18-9-5-4-6-10-18/h4-14,17H,3,15-16H2,1-2H3,(H,25,28)(H,26,27)/t17-/m1/s1. The first-order valence-corrected chi connectivity index (χ1v) is 9.84. The van der Waals surface area contributed by atoms with Crippen LogP contribution >= 0.6 is 0 Å². The van der Waals surface area contributed by atoms with Crippen LogP contribution in [-0.2, 0) is 11.3 Å². The van der Waals surface area contributed by atoms with Gasteiger partial charge in [0.1, 0.15) is 5.75 Å². The van der Waals surface area contributed by atoms with E-state index in [9.17, 15) is 9.59 Å². The summed E-state index contributed by atoms with van der Waals surface area (Å²) in [5, 5.41) is 7.68. The zero-order chi connectivity index (χ0) is 20.6. The van der Waals surface area contributed by atoms with Gasteiger partial charge in [0.2, 0.25) is 0 Å². The van der Waals surface area contributed by atoms with Gasteiger partial charge in [0.25, 0.3) is 11.8 Å². The predicted molar refractivity (Wildman–Crippen MR) is 115 cm³/mol. The molecule has 5 nitrogen and oxygen atoms in total. The molecular formula is C24H26N2O3. The quantitative estimate of drug-likeness (QED) is 0.609. The van der Waals surface area contributed by atoms with E-state index < -0.39 is 0 Å². The lowest BCUT2D eigenvalue weighted by Crippen LogP contribution is -2.35. The summed E-state index contributed by atoms with van der Waals surface area (Å²) in [5.74, 6) is -0.0475. The summed E-state index contributed by atoms with van der Waals surface area (Å²) in [5.41, 5.74) is 1.42. The molecule has 2 N–H and O–H groups in total. The van der Waals surface area contributed by atoms with Crippen LogP contribution in [0.2, 0.25) is 0 Å². The number of amides is 2. The Kier molecular flexibility index (Phi) is 6.85. The normalized spacial score (nSPS) is 11.7. The Morgan fingerprint density at radius 2 is 1.62 bits per heavy atom. The summed E-state index contributed by atoms with van der Waals surface area (Å²) >= 11 is 0. The van der Waals surface area contributed by atoms with E-state index in [-0.39, 0.29) is 24.5 Å². The Hall–Kier alpha value is -3.34. The summed E-state index contributed by atoms with van der Waals surface area (Å²) in [6.45, 7) is 4.22. The molecule has 0 bridgehead atoms. The van der Waals surface area contributed by atoms with Crippen molar-refractivity contribution in [1.82, 2.24) is 10.6 Å². The molecule has 150 valence electrons. The molecule has 0 aliphatic carbocycles. The van der Waals surface area contributed by atoms with Crippen molar-refractivity contribution in [1.29, 1.82) is 0 Å². The highest BCUT2D eigenvalue weighted by molar-refractivity contribution is 6.01. The Morgan fingerprint density at radius 3 is 2.31 bits per heavy atom. The van der Waals surface area contributed by atoms with Crippen molar-refractivity contribution in [3.63, 3.8) is 0 Å². The van der Waals surface area contributed by atoms with E-state index in [2.05, 4.69) is 10.6 Å². The van der Waals surface area contributed by atoms with Crippen LogP contribution in [0.5, 0.6) is 5.75 Å². The molecule has 0 saturated carbocycles. The van der Waals surface area contributed by atoms with Crippen LogP contribution in [0, 0.1) is 0 Å². The van der Waals surface area contributed by atoms with Gasteiger partial charge in [0.05, 0.1) is 5.56 Å². The van der Waals surface area contributed by atoms with E-state index in [0.717, 1.165) is 22.8 Å². The smallest absolute Gasteiger partial charge is 0.258 e. The Bertz CT molecular complexity index is 986. The third-order valence-corrected chi connectivity index (χ3v) is 4.77. The summed E-state index contributed by atoms with van der Waals surface area (Å²) in [4.78, 5) is 25.0. The van der Waals surface area contributed by atoms with Gasteiger partial charge in [-0.3, -0.25) is 9.59 Å². The molecule has 0 aliphatic heterocycles. The molecular weight excluding hydrogens is 364 g/mol. The molecule has 0 radical (unpaired) electrons. The molecule has 0 aliphatic rings. The number of carbonyl (C=O) groups excluding carboxylic acids is 2. The molecule has 3 aromatic carbocycles. The lowest BCUT2D eigenvalue weighted by Gasteiger charge is -2.15. The first-order valence-electron chi connectivity index (χ1n) is 9.84. The van der Waals surface area contributed by atoms with Crippen molar-refractivity contribution in [2.24, 2.45) is 0 Å². The minimum atomic E-state index is -0.239. The molecule has 0 unspecified atom stereocenters. The highest BCUT2D eigenvalue weighted by atomic mass is 16.5. The second kappa shape index (κ2) is 9.73. The average Bonchev–Trinajstić information content (AvgIpc) is 2.76. The largest absolute Gasteiger partial charge is 0.483 e. The van der Waals surface area contributed by atoms with Gasteiger partial charge in [-0.15, -0.1) is 0 Å². The lowest BCUT2D eigenvalue weighted by molar-refractivity contribution is -0.123. The van der Waals surface area contributed by atoms with Crippen LogP contribution in [0.15, 0.2) is 66.7 Å². The minimum absolute atomic E-state index is 0.0799. The summed E-state index contributed by atoms with van der Waals surface area (Å²) in [6.07, 6.45) is 0.842. The highest BCUT2D eigenvalue weighted by Gasteiger charge is 2.16. The van der Waals surface area contributed by atoms with E-state index in [0.29, 0.717) is 17.9 Å². The monoisotopic (exact) mass is 390 g/mol. The van der Waals surface area contributed by atoms with Crippen molar-refractivity contribution >= 4 is 22.6 Å². The van der Waals surface area contributed by atoms with Gasteiger partial charge in [-0.25, -0.2) is 0 Å². The minimum Gasteiger partial charge on any atom is -0.483 e. The van der Waals surface area contributed by atoms with Crippen molar-refractivity contribution in [2.75, 3.05) is 6.61 Å². The molecule has 0 fully saturated rings. The molecule has 3 rings (SSSR count). The molecule has 3 aromatic rings.